The summed E-state index contributed by atoms with van der Waals surface area (Å²) in [6.07, 6.45) is 0.0915. The lowest BCUT2D eigenvalue weighted by atomic mass is 10.0. The van der Waals surface area contributed by atoms with E-state index in [1.807, 2.05) is 13.8 Å². The molecule has 0 radical (unpaired) electrons. The second-order valence-electron chi connectivity index (χ2n) is 7.15. The van der Waals surface area contributed by atoms with Crippen LogP contribution in [0.4, 0.5) is 4.79 Å². The summed E-state index contributed by atoms with van der Waals surface area (Å²) in [5, 5.41) is 12.8. The molecule has 0 aliphatic carbocycles. The number of alkyl carbamates (subject to hydrolysis) is 1. The highest BCUT2D eigenvalue weighted by Crippen LogP contribution is 2.10. The third-order valence-electron chi connectivity index (χ3n) is 3.46. The molecule has 1 rings (SSSR count). The van der Waals surface area contributed by atoms with Crippen molar-refractivity contribution in [2.75, 3.05) is 20.2 Å². The molecule has 1 heterocycles. The van der Waals surface area contributed by atoms with Gasteiger partial charge in [0.15, 0.2) is 0 Å². The van der Waals surface area contributed by atoms with Crippen LogP contribution in [0, 0.1) is 5.92 Å². The Balaban J connectivity index is 2.72. The Morgan fingerprint density at radius 3 is 2.54 bits per heavy atom. The summed E-state index contributed by atoms with van der Waals surface area (Å²) in [4.78, 5) is 29.4. The van der Waals surface area contributed by atoms with E-state index >= 15 is 0 Å². The molecule has 1 saturated heterocycles. The Morgan fingerprint density at radius 1 is 1.33 bits per heavy atom. The number of hydrogen-bond donors (Lipinski definition) is 3. The van der Waals surface area contributed by atoms with Crippen LogP contribution in [-0.4, -0.2) is 55.6 Å². The molecule has 0 bridgehead atoms. The fourth-order valence-electron chi connectivity index (χ4n) is 2.35. The van der Waals surface area contributed by atoms with E-state index in [1.165, 1.54) is 7.11 Å². The largest absolute Gasteiger partial charge is 0.444 e. The smallest absolute Gasteiger partial charge is 0.408 e. The molecule has 0 aromatic carbocycles. The molecule has 2 amide bonds. The maximum absolute atomic E-state index is 12.6. The van der Waals surface area contributed by atoms with Crippen LogP contribution in [0.2, 0.25) is 0 Å². The number of rotatable bonds is 5. The highest BCUT2D eigenvalue weighted by atomic mass is 16.6. The number of amides is 2. The van der Waals surface area contributed by atoms with E-state index in [0.29, 0.717) is 13.0 Å². The van der Waals surface area contributed by atoms with E-state index in [0.717, 1.165) is 12.3 Å². The molecule has 2 atom stereocenters. The van der Waals surface area contributed by atoms with Gasteiger partial charge in [0.2, 0.25) is 5.91 Å². The summed E-state index contributed by atoms with van der Waals surface area (Å²) in [5.41, 5.74) is 0.164. The third-order valence-corrected chi connectivity index (χ3v) is 3.46. The molecular formula is C16H30N4O4. The molecule has 0 aromatic rings. The molecule has 3 N–H and O–H groups in total. The van der Waals surface area contributed by atoms with Crippen molar-refractivity contribution in [3.8, 4) is 0 Å². The van der Waals surface area contributed by atoms with Crippen LogP contribution in [0.25, 0.3) is 0 Å². The minimum atomic E-state index is -0.689. The molecule has 1 aliphatic rings. The van der Waals surface area contributed by atoms with Crippen molar-refractivity contribution in [2.45, 2.75) is 58.7 Å². The van der Waals surface area contributed by atoms with Gasteiger partial charge in [-0.2, -0.15) is 0 Å². The van der Waals surface area contributed by atoms with Gasteiger partial charge in [0.1, 0.15) is 18.8 Å². The van der Waals surface area contributed by atoms with Crippen molar-refractivity contribution >= 4 is 17.7 Å². The summed E-state index contributed by atoms with van der Waals surface area (Å²) < 4.78 is 5.23. The van der Waals surface area contributed by atoms with Crippen LogP contribution in [-0.2, 0) is 14.4 Å². The van der Waals surface area contributed by atoms with Gasteiger partial charge < -0.3 is 25.5 Å². The molecule has 138 valence electrons. The van der Waals surface area contributed by atoms with Crippen molar-refractivity contribution in [1.82, 2.24) is 16.0 Å². The number of carbonyl (C=O) groups excluding carboxylic acids is 2. The Kier molecular flexibility index (Phi) is 7.47. The van der Waals surface area contributed by atoms with E-state index in [-0.39, 0.29) is 17.9 Å². The maximum atomic E-state index is 12.6. The highest BCUT2D eigenvalue weighted by Gasteiger charge is 2.30. The van der Waals surface area contributed by atoms with Crippen molar-refractivity contribution in [3.63, 3.8) is 0 Å². The molecule has 1 fully saturated rings. The zero-order valence-corrected chi connectivity index (χ0v) is 15.4. The van der Waals surface area contributed by atoms with E-state index in [4.69, 9.17) is 9.57 Å². The van der Waals surface area contributed by atoms with E-state index < -0.39 is 17.7 Å². The Hall–Kier alpha value is -1.83. The number of oxime groups is 1. The fourth-order valence-corrected chi connectivity index (χ4v) is 2.35. The molecule has 1 aliphatic heterocycles. The second kappa shape index (κ2) is 8.86. The summed E-state index contributed by atoms with van der Waals surface area (Å²) >= 11 is 0. The molecule has 0 spiro atoms. The van der Waals surface area contributed by atoms with Crippen LogP contribution in [0.1, 0.15) is 41.0 Å². The number of piperidine rings is 1. The molecule has 8 nitrogen and oxygen atoms in total. The van der Waals surface area contributed by atoms with Crippen molar-refractivity contribution in [3.05, 3.63) is 0 Å². The first kappa shape index (κ1) is 20.2. The van der Waals surface area contributed by atoms with Crippen molar-refractivity contribution in [1.29, 1.82) is 0 Å². The quantitative estimate of drug-likeness (QED) is 0.648. The number of nitrogens with zero attached hydrogens (tertiary/aromatic N) is 1. The summed E-state index contributed by atoms with van der Waals surface area (Å²) in [6, 6.07) is -0.946. The Labute approximate surface area is 143 Å². The zero-order chi connectivity index (χ0) is 18.3. The lowest BCUT2D eigenvalue weighted by Gasteiger charge is -2.29. The molecule has 0 saturated carbocycles. The Bertz CT molecular complexity index is 471. The summed E-state index contributed by atoms with van der Waals surface area (Å²) in [7, 11) is 1.48. The summed E-state index contributed by atoms with van der Waals surface area (Å²) in [6.45, 7) is 10.4. The normalized spacial score (nSPS) is 21.3. The molecule has 1 unspecified atom stereocenters. The van der Waals surface area contributed by atoms with E-state index in [2.05, 4.69) is 21.1 Å². The summed E-state index contributed by atoms with van der Waals surface area (Å²) in [5.74, 6) is -0.356. The first-order chi connectivity index (χ1) is 11.1. The van der Waals surface area contributed by atoms with Gasteiger partial charge in [-0.25, -0.2) is 4.79 Å². The number of nitrogens with one attached hydrogen (secondary N) is 3. The van der Waals surface area contributed by atoms with Gasteiger partial charge in [-0.15, -0.1) is 0 Å². The average Bonchev–Trinajstić information content (AvgIpc) is 2.45. The van der Waals surface area contributed by atoms with Crippen LogP contribution < -0.4 is 16.0 Å². The SMILES string of the molecule is CON=C1CCNCC1NC(=O)[C@@H](NC(=O)OC(C)(C)C)C(C)C. The zero-order valence-electron chi connectivity index (χ0n) is 15.4. The molecule has 24 heavy (non-hydrogen) atoms. The standard InChI is InChI=1S/C16H30N4O4/c1-10(2)13(19-15(22)24-16(3,4)5)14(21)18-12-9-17-8-7-11(12)20-23-6/h10,12-13,17H,7-9H2,1-6H3,(H,18,21)(H,19,22)/t12?,13-/m0/s1. The lowest BCUT2D eigenvalue weighted by molar-refractivity contribution is -0.124. The topological polar surface area (TPSA) is 101 Å². The van der Waals surface area contributed by atoms with E-state index in [1.54, 1.807) is 20.8 Å². The fraction of sp³-hybridized carbons (Fsp3) is 0.812. The number of hydrogen-bond acceptors (Lipinski definition) is 6. The van der Waals surface area contributed by atoms with Gasteiger partial charge in [0, 0.05) is 19.5 Å². The lowest BCUT2D eigenvalue weighted by Crippen LogP contribution is -2.58. The van der Waals surface area contributed by atoms with Gasteiger partial charge in [-0.05, 0) is 26.7 Å². The van der Waals surface area contributed by atoms with Gasteiger partial charge in [0.05, 0.1) is 11.8 Å². The number of carbonyl (C=O) groups is 2. The first-order valence-corrected chi connectivity index (χ1v) is 8.24. The molecular weight excluding hydrogens is 312 g/mol. The molecule has 0 aromatic heterocycles. The van der Waals surface area contributed by atoms with Crippen molar-refractivity contribution in [2.24, 2.45) is 11.1 Å². The minimum Gasteiger partial charge on any atom is -0.444 e. The first-order valence-electron chi connectivity index (χ1n) is 8.24. The highest BCUT2D eigenvalue weighted by molar-refractivity contribution is 5.95. The predicted octanol–water partition coefficient (Wildman–Crippen LogP) is 1.02. The third kappa shape index (κ3) is 6.74. The van der Waals surface area contributed by atoms with Crippen LogP contribution in [0.15, 0.2) is 5.16 Å². The minimum absolute atomic E-state index is 0.0862. The van der Waals surface area contributed by atoms with Crippen LogP contribution >= 0.6 is 0 Å². The van der Waals surface area contributed by atoms with Crippen LogP contribution in [0.3, 0.4) is 0 Å². The van der Waals surface area contributed by atoms with Gasteiger partial charge in [-0.1, -0.05) is 19.0 Å². The second-order valence-corrected chi connectivity index (χ2v) is 7.15. The van der Waals surface area contributed by atoms with E-state index in [9.17, 15) is 9.59 Å². The monoisotopic (exact) mass is 342 g/mol. The average molecular weight is 342 g/mol. The van der Waals surface area contributed by atoms with Crippen LogP contribution in [0.5, 0.6) is 0 Å². The van der Waals surface area contributed by atoms with Gasteiger partial charge in [0.25, 0.3) is 0 Å². The predicted molar refractivity (Wildman–Crippen MR) is 91.9 cm³/mol. The van der Waals surface area contributed by atoms with Gasteiger partial charge in [-0.3, -0.25) is 4.79 Å². The van der Waals surface area contributed by atoms with Gasteiger partial charge >= 0.3 is 6.09 Å². The molecule has 8 heteroatoms. The van der Waals surface area contributed by atoms with Crippen molar-refractivity contribution < 1.29 is 19.2 Å². The number of ether oxygens (including phenoxy) is 1. The Morgan fingerprint density at radius 2 is 2.00 bits per heavy atom. The maximum Gasteiger partial charge on any atom is 0.408 e.